The van der Waals surface area contributed by atoms with Gasteiger partial charge < -0.3 is 4.74 Å². The van der Waals surface area contributed by atoms with Crippen LogP contribution in [-0.2, 0) is 0 Å². The predicted molar refractivity (Wildman–Crippen MR) is 68.8 cm³/mol. The topological polar surface area (TPSA) is 108 Å². The molecule has 2 rings (SSSR count). The Bertz CT molecular complexity index is 687. The minimum atomic E-state index is -0.664. The number of nitrogens with zero attached hydrogens (tertiary/aromatic N) is 3. The van der Waals surface area contributed by atoms with E-state index in [-0.39, 0.29) is 23.0 Å². The first-order valence-electron chi connectivity index (χ1n) is 5.51. The van der Waals surface area contributed by atoms with Crippen LogP contribution in [0.15, 0.2) is 36.5 Å². The molecule has 8 nitrogen and oxygen atoms in total. The van der Waals surface area contributed by atoms with Crippen LogP contribution in [0.5, 0.6) is 11.6 Å². The number of hydrogen-bond donors (Lipinski definition) is 0. The molecule has 1 aromatic heterocycles. The van der Waals surface area contributed by atoms with Gasteiger partial charge in [-0.3, -0.25) is 20.2 Å². The zero-order chi connectivity index (χ0) is 14.7. The first-order chi connectivity index (χ1) is 9.49. The van der Waals surface area contributed by atoms with Gasteiger partial charge in [0.2, 0.25) is 5.75 Å². The molecule has 0 fully saturated rings. The van der Waals surface area contributed by atoms with Crippen LogP contribution < -0.4 is 4.74 Å². The second-order valence-corrected chi connectivity index (χ2v) is 3.92. The minimum absolute atomic E-state index is 0.0950. The van der Waals surface area contributed by atoms with E-state index in [0.29, 0.717) is 5.56 Å². The van der Waals surface area contributed by atoms with Crippen molar-refractivity contribution < 1.29 is 14.6 Å². The molecule has 1 aromatic carbocycles. The molecular formula is C12H9N3O5. The highest BCUT2D eigenvalue weighted by molar-refractivity contribution is 5.52. The van der Waals surface area contributed by atoms with Crippen LogP contribution in [0.25, 0.3) is 0 Å². The fourth-order valence-electron chi connectivity index (χ4n) is 1.56. The lowest BCUT2D eigenvalue weighted by atomic mass is 10.2. The highest BCUT2D eigenvalue weighted by Crippen LogP contribution is 2.34. The number of nitro benzene ring substituents is 1. The van der Waals surface area contributed by atoms with E-state index >= 15 is 0 Å². The first-order valence-corrected chi connectivity index (χ1v) is 5.51. The summed E-state index contributed by atoms with van der Waals surface area (Å²) in [4.78, 5) is 24.2. The summed E-state index contributed by atoms with van der Waals surface area (Å²) in [5.41, 5.74) is 0.0481. The normalized spacial score (nSPS) is 10.1. The standard InChI is InChI=1S/C12H9N3O5/c1-8-4-5-11(10(7-8)15(18)19)20-12-9(14(16)17)3-2-6-13-12/h2-7H,1H3. The second-order valence-electron chi connectivity index (χ2n) is 3.92. The Morgan fingerprint density at radius 1 is 1.10 bits per heavy atom. The maximum Gasteiger partial charge on any atom is 0.331 e. The van der Waals surface area contributed by atoms with Gasteiger partial charge >= 0.3 is 11.4 Å². The van der Waals surface area contributed by atoms with Gasteiger partial charge in [-0.25, -0.2) is 4.98 Å². The Morgan fingerprint density at radius 3 is 2.45 bits per heavy atom. The zero-order valence-electron chi connectivity index (χ0n) is 10.3. The van der Waals surface area contributed by atoms with Crippen LogP contribution in [0.3, 0.4) is 0 Å². The molecule has 0 radical (unpaired) electrons. The number of ether oxygens (including phenoxy) is 1. The van der Waals surface area contributed by atoms with Crippen molar-refractivity contribution in [3.8, 4) is 11.6 Å². The zero-order valence-corrected chi connectivity index (χ0v) is 10.3. The lowest BCUT2D eigenvalue weighted by Crippen LogP contribution is -1.98. The van der Waals surface area contributed by atoms with Crippen molar-refractivity contribution in [1.82, 2.24) is 4.98 Å². The van der Waals surface area contributed by atoms with Crippen molar-refractivity contribution in [2.75, 3.05) is 0 Å². The summed E-state index contributed by atoms with van der Waals surface area (Å²) < 4.78 is 5.22. The van der Waals surface area contributed by atoms with Gasteiger partial charge in [0.1, 0.15) is 0 Å². The van der Waals surface area contributed by atoms with Gasteiger partial charge in [-0.15, -0.1) is 0 Å². The molecule has 2 aromatic rings. The third-order valence-corrected chi connectivity index (χ3v) is 2.47. The molecule has 0 amide bonds. The monoisotopic (exact) mass is 275 g/mol. The second kappa shape index (κ2) is 5.31. The average Bonchev–Trinajstić information content (AvgIpc) is 2.41. The molecule has 0 atom stereocenters. The van der Waals surface area contributed by atoms with Gasteiger partial charge in [-0.2, -0.15) is 0 Å². The van der Waals surface area contributed by atoms with Crippen LogP contribution in [0.4, 0.5) is 11.4 Å². The fraction of sp³-hybridized carbons (Fsp3) is 0.0833. The summed E-state index contributed by atoms with van der Waals surface area (Å²) in [7, 11) is 0. The number of nitro groups is 2. The SMILES string of the molecule is Cc1ccc(Oc2ncccc2[N+](=O)[O-])c([N+](=O)[O-])c1. The van der Waals surface area contributed by atoms with Crippen molar-refractivity contribution in [2.45, 2.75) is 6.92 Å². The number of rotatable bonds is 4. The molecule has 0 N–H and O–H groups in total. The summed E-state index contributed by atoms with van der Waals surface area (Å²) >= 11 is 0. The van der Waals surface area contributed by atoms with E-state index in [1.807, 2.05) is 0 Å². The molecule has 1 heterocycles. The molecule has 0 aliphatic heterocycles. The lowest BCUT2D eigenvalue weighted by Gasteiger charge is -2.06. The number of benzene rings is 1. The van der Waals surface area contributed by atoms with E-state index in [0.717, 1.165) is 0 Å². The van der Waals surface area contributed by atoms with Crippen molar-refractivity contribution in [3.63, 3.8) is 0 Å². The number of pyridine rings is 1. The molecule has 0 aliphatic rings. The largest absolute Gasteiger partial charge is 0.426 e. The molecule has 0 unspecified atom stereocenters. The molecule has 0 spiro atoms. The summed E-state index contributed by atoms with van der Waals surface area (Å²) in [6.45, 7) is 1.69. The van der Waals surface area contributed by atoms with E-state index in [9.17, 15) is 20.2 Å². The maximum absolute atomic E-state index is 11.0. The van der Waals surface area contributed by atoms with Crippen molar-refractivity contribution in [3.05, 3.63) is 62.3 Å². The summed E-state index contributed by atoms with van der Waals surface area (Å²) in [5, 5.41) is 21.8. The van der Waals surface area contributed by atoms with E-state index in [2.05, 4.69) is 4.98 Å². The van der Waals surface area contributed by atoms with Gasteiger partial charge in [0, 0.05) is 18.3 Å². The highest BCUT2D eigenvalue weighted by atomic mass is 16.6. The van der Waals surface area contributed by atoms with Gasteiger partial charge in [0.05, 0.1) is 9.85 Å². The van der Waals surface area contributed by atoms with Crippen molar-refractivity contribution >= 4 is 11.4 Å². The number of aryl methyl sites for hydroxylation is 1. The van der Waals surface area contributed by atoms with Crippen LogP contribution in [0.1, 0.15) is 5.56 Å². The van der Waals surface area contributed by atoms with Gasteiger partial charge in [-0.05, 0) is 24.6 Å². The van der Waals surface area contributed by atoms with Crippen molar-refractivity contribution in [1.29, 1.82) is 0 Å². The Labute approximate surface area is 112 Å². The molecular weight excluding hydrogens is 266 g/mol. The van der Waals surface area contributed by atoms with E-state index < -0.39 is 9.85 Å². The van der Waals surface area contributed by atoms with Crippen molar-refractivity contribution in [2.24, 2.45) is 0 Å². The molecule has 0 bridgehead atoms. The fourth-order valence-corrected chi connectivity index (χ4v) is 1.56. The Balaban J connectivity index is 2.45. The average molecular weight is 275 g/mol. The quantitative estimate of drug-likeness (QED) is 0.626. The summed E-state index contributed by atoms with van der Waals surface area (Å²) in [6.07, 6.45) is 1.31. The summed E-state index contributed by atoms with van der Waals surface area (Å²) in [5.74, 6) is -0.383. The van der Waals surface area contributed by atoms with E-state index in [4.69, 9.17) is 4.74 Å². The molecule has 8 heteroatoms. The minimum Gasteiger partial charge on any atom is -0.426 e. The maximum atomic E-state index is 11.0. The molecule has 20 heavy (non-hydrogen) atoms. The number of aromatic nitrogens is 1. The van der Waals surface area contributed by atoms with Crippen LogP contribution >= 0.6 is 0 Å². The predicted octanol–water partition coefficient (Wildman–Crippen LogP) is 3.00. The van der Waals surface area contributed by atoms with E-state index in [1.165, 1.54) is 30.5 Å². The van der Waals surface area contributed by atoms with Gasteiger partial charge in [0.15, 0.2) is 0 Å². The summed E-state index contributed by atoms with van der Waals surface area (Å²) in [6, 6.07) is 6.91. The molecule has 0 aliphatic carbocycles. The van der Waals surface area contributed by atoms with Gasteiger partial charge in [-0.1, -0.05) is 6.07 Å². The third-order valence-electron chi connectivity index (χ3n) is 2.47. The number of hydrogen-bond acceptors (Lipinski definition) is 6. The third kappa shape index (κ3) is 2.69. The van der Waals surface area contributed by atoms with Crippen LogP contribution in [-0.4, -0.2) is 14.8 Å². The smallest absolute Gasteiger partial charge is 0.331 e. The van der Waals surface area contributed by atoms with E-state index in [1.54, 1.807) is 13.0 Å². The van der Waals surface area contributed by atoms with Crippen LogP contribution in [0, 0.1) is 27.2 Å². The van der Waals surface area contributed by atoms with Gasteiger partial charge in [0.25, 0.3) is 5.88 Å². The Hall–Kier alpha value is -3.03. The first kappa shape index (κ1) is 13.4. The lowest BCUT2D eigenvalue weighted by molar-refractivity contribution is -0.387. The Kier molecular flexibility index (Phi) is 3.56. The highest BCUT2D eigenvalue weighted by Gasteiger charge is 2.21. The molecule has 102 valence electrons. The molecule has 0 saturated carbocycles. The Morgan fingerprint density at radius 2 is 1.80 bits per heavy atom. The molecule has 0 saturated heterocycles. The van der Waals surface area contributed by atoms with Crippen LogP contribution in [0.2, 0.25) is 0 Å².